The Bertz CT molecular complexity index is 929. The fourth-order valence-corrected chi connectivity index (χ4v) is 4.81. The number of carbonyl (C=O) groups is 2. The topological polar surface area (TPSA) is 90.5 Å². The molecule has 3 heterocycles. The number of carbonyl (C=O) groups excluding carboxylic acids is 2. The average Bonchev–Trinajstić information content (AvgIpc) is 3.04. The summed E-state index contributed by atoms with van der Waals surface area (Å²) in [4.78, 5) is 27.6. The zero-order valence-corrected chi connectivity index (χ0v) is 17.2. The summed E-state index contributed by atoms with van der Waals surface area (Å²) in [5.41, 5.74) is 8.50. The van der Waals surface area contributed by atoms with Crippen molar-refractivity contribution in [3.05, 3.63) is 52.8 Å². The second-order valence-corrected chi connectivity index (χ2v) is 8.23. The highest BCUT2D eigenvalue weighted by Crippen LogP contribution is 2.37. The van der Waals surface area contributed by atoms with Gasteiger partial charge in [-0.15, -0.1) is 0 Å². The zero-order valence-electron chi connectivity index (χ0n) is 17.2. The van der Waals surface area contributed by atoms with Crippen LogP contribution >= 0.6 is 0 Å². The lowest BCUT2D eigenvalue weighted by Gasteiger charge is -2.40. The first-order valence-corrected chi connectivity index (χ1v) is 10.2. The van der Waals surface area contributed by atoms with E-state index in [-0.39, 0.29) is 24.0 Å². The monoisotopic (exact) mass is 396 g/mol. The standard InChI is InChI=1S/C22H28N4O3/c1-14-13-17-18(15(2)29-14)24-25(3)19(17)20(27)26-11-9-22(10-12-26,21(23)28)16-7-5-4-6-8-16/h4-8,14-15H,9-13H2,1-3H3,(H2,23,28)/t14-,15+/m1/s1. The number of hydrogen-bond acceptors (Lipinski definition) is 4. The zero-order chi connectivity index (χ0) is 20.8. The Kier molecular flexibility index (Phi) is 4.94. The van der Waals surface area contributed by atoms with Gasteiger partial charge in [-0.2, -0.15) is 5.10 Å². The number of benzene rings is 1. The predicted molar refractivity (Wildman–Crippen MR) is 108 cm³/mol. The van der Waals surface area contributed by atoms with E-state index in [2.05, 4.69) is 5.10 Å². The molecule has 2 aliphatic heterocycles. The third-order valence-electron chi connectivity index (χ3n) is 6.39. The lowest BCUT2D eigenvalue weighted by Crippen LogP contribution is -2.51. The summed E-state index contributed by atoms with van der Waals surface area (Å²) < 4.78 is 7.54. The van der Waals surface area contributed by atoms with Crippen molar-refractivity contribution in [1.82, 2.24) is 14.7 Å². The van der Waals surface area contributed by atoms with Crippen LogP contribution in [-0.4, -0.2) is 45.7 Å². The van der Waals surface area contributed by atoms with E-state index in [1.54, 1.807) is 4.68 Å². The number of nitrogens with two attached hydrogens (primary N) is 1. The van der Waals surface area contributed by atoms with Gasteiger partial charge in [0.2, 0.25) is 5.91 Å². The SMILES string of the molecule is C[C@@H]1Cc2c(nn(C)c2C(=O)N2CCC(C(N)=O)(c3ccccc3)CC2)[C@H](C)O1. The lowest BCUT2D eigenvalue weighted by molar-refractivity contribution is -0.125. The smallest absolute Gasteiger partial charge is 0.272 e. The normalized spacial score (nSPS) is 23.5. The number of aromatic nitrogens is 2. The highest BCUT2D eigenvalue weighted by atomic mass is 16.5. The molecular formula is C22H28N4O3. The Morgan fingerprint density at radius 1 is 1.17 bits per heavy atom. The minimum Gasteiger partial charge on any atom is -0.369 e. The Morgan fingerprint density at radius 2 is 1.83 bits per heavy atom. The maximum Gasteiger partial charge on any atom is 0.272 e. The number of hydrogen-bond donors (Lipinski definition) is 1. The number of piperidine rings is 1. The van der Waals surface area contributed by atoms with E-state index < -0.39 is 5.41 Å². The van der Waals surface area contributed by atoms with Crippen molar-refractivity contribution in [2.24, 2.45) is 12.8 Å². The number of rotatable bonds is 3. The maximum absolute atomic E-state index is 13.4. The molecule has 1 aromatic heterocycles. The Hall–Kier alpha value is -2.67. The van der Waals surface area contributed by atoms with Crippen LogP contribution in [0, 0.1) is 0 Å². The quantitative estimate of drug-likeness (QED) is 0.860. The summed E-state index contributed by atoms with van der Waals surface area (Å²) in [5.74, 6) is -0.359. The van der Waals surface area contributed by atoms with Crippen LogP contribution in [0.5, 0.6) is 0 Å². The fraction of sp³-hybridized carbons (Fsp3) is 0.500. The summed E-state index contributed by atoms with van der Waals surface area (Å²) in [6.45, 7) is 4.96. The van der Waals surface area contributed by atoms with Crippen molar-refractivity contribution in [2.75, 3.05) is 13.1 Å². The second-order valence-electron chi connectivity index (χ2n) is 8.23. The molecule has 2 aliphatic rings. The molecule has 2 atom stereocenters. The van der Waals surface area contributed by atoms with Gasteiger partial charge in [-0.1, -0.05) is 30.3 Å². The first-order chi connectivity index (χ1) is 13.8. The van der Waals surface area contributed by atoms with E-state index in [1.807, 2.05) is 56.1 Å². The number of aryl methyl sites for hydroxylation is 1. The fourth-order valence-electron chi connectivity index (χ4n) is 4.81. The number of likely N-dealkylation sites (tertiary alicyclic amines) is 1. The molecule has 0 unspecified atom stereocenters. The van der Waals surface area contributed by atoms with Gasteiger partial charge in [0.05, 0.1) is 23.3 Å². The Labute approximate surface area is 170 Å². The molecule has 0 radical (unpaired) electrons. The van der Waals surface area contributed by atoms with Crippen molar-refractivity contribution < 1.29 is 14.3 Å². The molecule has 2 N–H and O–H groups in total. The minimum atomic E-state index is -0.721. The summed E-state index contributed by atoms with van der Waals surface area (Å²) in [5, 5.41) is 4.56. The molecule has 1 aromatic carbocycles. The molecule has 2 amide bonds. The number of primary amides is 1. The van der Waals surface area contributed by atoms with E-state index in [0.717, 1.165) is 16.8 Å². The van der Waals surface area contributed by atoms with Crippen LogP contribution in [-0.2, 0) is 28.4 Å². The van der Waals surface area contributed by atoms with Crippen LogP contribution < -0.4 is 5.73 Å². The number of amides is 2. The summed E-state index contributed by atoms with van der Waals surface area (Å²) in [6, 6.07) is 9.66. The molecule has 0 saturated carbocycles. The van der Waals surface area contributed by atoms with Crippen molar-refractivity contribution in [1.29, 1.82) is 0 Å². The maximum atomic E-state index is 13.4. The third kappa shape index (κ3) is 3.23. The van der Waals surface area contributed by atoms with E-state index in [4.69, 9.17) is 10.5 Å². The van der Waals surface area contributed by atoms with Gasteiger partial charge in [-0.25, -0.2) is 0 Å². The molecule has 1 fully saturated rings. The van der Waals surface area contributed by atoms with E-state index in [9.17, 15) is 9.59 Å². The van der Waals surface area contributed by atoms with E-state index in [1.165, 1.54) is 0 Å². The van der Waals surface area contributed by atoms with Crippen LogP contribution in [0.15, 0.2) is 30.3 Å². The van der Waals surface area contributed by atoms with Gasteiger partial charge in [-0.3, -0.25) is 14.3 Å². The van der Waals surface area contributed by atoms with Gasteiger partial charge in [0.15, 0.2) is 0 Å². The van der Waals surface area contributed by atoms with E-state index >= 15 is 0 Å². The minimum absolute atomic E-state index is 0.0336. The Morgan fingerprint density at radius 3 is 2.45 bits per heavy atom. The molecule has 154 valence electrons. The number of ether oxygens (including phenoxy) is 1. The molecule has 0 aliphatic carbocycles. The molecule has 29 heavy (non-hydrogen) atoms. The molecule has 0 spiro atoms. The van der Waals surface area contributed by atoms with Gasteiger partial charge >= 0.3 is 0 Å². The number of fused-ring (bicyclic) bond motifs is 1. The van der Waals surface area contributed by atoms with Gasteiger partial charge in [0.1, 0.15) is 5.69 Å². The van der Waals surface area contributed by atoms with Gasteiger partial charge in [0, 0.05) is 32.1 Å². The first-order valence-electron chi connectivity index (χ1n) is 10.2. The third-order valence-corrected chi connectivity index (χ3v) is 6.39. The van der Waals surface area contributed by atoms with Crippen LogP contribution in [0.4, 0.5) is 0 Å². The van der Waals surface area contributed by atoms with Crippen LogP contribution in [0.1, 0.15) is 60.1 Å². The van der Waals surface area contributed by atoms with Gasteiger partial charge in [-0.05, 0) is 32.3 Å². The largest absolute Gasteiger partial charge is 0.369 e. The summed E-state index contributed by atoms with van der Waals surface area (Å²) in [7, 11) is 1.81. The molecule has 7 nitrogen and oxygen atoms in total. The van der Waals surface area contributed by atoms with Crippen molar-refractivity contribution in [2.45, 2.75) is 50.7 Å². The molecule has 4 rings (SSSR count). The average molecular weight is 396 g/mol. The summed E-state index contributed by atoms with van der Waals surface area (Å²) >= 11 is 0. The molecule has 7 heteroatoms. The van der Waals surface area contributed by atoms with Crippen molar-refractivity contribution in [3.8, 4) is 0 Å². The van der Waals surface area contributed by atoms with Gasteiger partial charge in [0.25, 0.3) is 5.91 Å². The highest BCUT2D eigenvalue weighted by Gasteiger charge is 2.43. The predicted octanol–water partition coefficient (Wildman–Crippen LogP) is 2.10. The summed E-state index contributed by atoms with van der Waals surface area (Å²) in [6.07, 6.45) is 1.65. The molecule has 1 saturated heterocycles. The van der Waals surface area contributed by atoms with Crippen LogP contribution in [0.3, 0.4) is 0 Å². The first kappa shape index (κ1) is 19.6. The lowest BCUT2D eigenvalue weighted by atomic mass is 9.72. The van der Waals surface area contributed by atoms with Crippen LogP contribution in [0.25, 0.3) is 0 Å². The van der Waals surface area contributed by atoms with Gasteiger partial charge < -0.3 is 15.4 Å². The second kappa shape index (κ2) is 7.30. The van der Waals surface area contributed by atoms with Crippen LogP contribution in [0.2, 0.25) is 0 Å². The Balaban J connectivity index is 1.58. The van der Waals surface area contributed by atoms with E-state index in [0.29, 0.717) is 38.0 Å². The van der Waals surface area contributed by atoms with Crippen molar-refractivity contribution >= 4 is 11.8 Å². The molecule has 0 bridgehead atoms. The highest BCUT2D eigenvalue weighted by molar-refractivity contribution is 5.95. The molecular weight excluding hydrogens is 368 g/mol. The number of nitrogens with zero attached hydrogens (tertiary/aromatic N) is 3. The molecule has 2 aromatic rings. The van der Waals surface area contributed by atoms with Crippen molar-refractivity contribution in [3.63, 3.8) is 0 Å².